The zero-order chi connectivity index (χ0) is 6.69. The lowest BCUT2D eigenvalue weighted by atomic mass is 10.3. The molecule has 0 radical (unpaired) electrons. The Morgan fingerprint density at radius 2 is 2.44 bits per heavy atom. The van der Waals surface area contributed by atoms with Crippen LogP contribution in [0.2, 0.25) is 0 Å². The van der Waals surface area contributed by atoms with E-state index in [4.69, 9.17) is 0 Å². The molecule has 46 valence electrons. The minimum Gasteiger partial charge on any atom is -0.298 e. The Hall–Kier alpha value is -1.25. The molecule has 0 unspecified atom stereocenters. The van der Waals surface area contributed by atoms with Gasteiger partial charge in [-0.3, -0.25) is 9.78 Å². The van der Waals surface area contributed by atoms with Crippen molar-refractivity contribution >= 4 is 6.29 Å². The van der Waals surface area contributed by atoms with Crippen LogP contribution in [0.1, 0.15) is 10.4 Å². The van der Waals surface area contributed by atoms with E-state index in [2.05, 4.69) is 4.98 Å². The van der Waals surface area contributed by atoms with E-state index >= 15 is 0 Å². The van der Waals surface area contributed by atoms with Crippen molar-refractivity contribution in [2.75, 3.05) is 0 Å². The molecule has 0 N–H and O–H groups in total. The smallest absolute Gasteiger partial charge is 0.153 e. The number of aldehydes is 1. The minimum atomic E-state index is -0.576. The molecule has 1 heterocycles. The van der Waals surface area contributed by atoms with E-state index in [9.17, 15) is 9.18 Å². The van der Waals surface area contributed by atoms with Crippen molar-refractivity contribution in [2.45, 2.75) is 0 Å². The highest BCUT2D eigenvalue weighted by molar-refractivity contribution is 5.74. The molecule has 0 amide bonds. The predicted octanol–water partition coefficient (Wildman–Crippen LogP) is 1.03. The van der Waals surface area contributed by atoms with Crippen molar-refractivity contribution in [1.29, 1.82) is 0 Å². The maximum Gasteiger partial charge on any atom is 0.153 e. The van der Waals surface area contributed by atoms with E-state index in [1.165, 1.54) is 12.3 Å². The highest BCUT2D eigenvalue weighted by Gasteiger charge is 1.95. The summed E-state index contributed by atoms with van der Waals surface area (Å²) in [5, 5.41) is 0. The summed E-state index contributed by atoms with van der Waals surface area (Å²) >= 11 is 0. The van der Waals surface area contributed by atoms with E-state index in [1.54, 1.807) is 0 Å². The van der Waals surface area contributed by atoms with E-state index in [0.29, 0.717) is 6.29 Å². The van der Waals surface area contributed by atoms with E-state index in [-0.39, 0.29) is 5.56 Å². The molecule has 0 fully saturated rings. The average Bonchev–Trinajstić information content (AvgIpc) is 1.89. The van der Waals surface area contributed by atoms with Crippen LogP contribution < -0.4 is 0 Å². The Morgan fingerprint density at radius 1 is 1.67 bits per heavy atom. The van der Waals surface area contributed by atoms with Crippen molar-refractivity contribution in [2.24, 2.45) is 0 Å². The van der Waals surface area contributed by atoms with Crippen molar-refractivity contribution in [3.63, 3.8) is 0 Å². The van der Waals surface area contributed by atoms with Gasteiger partial charge in [-0.1, -0.05) is 0 Å². The predicted molar refractivity (Wildman–Crippen MR) is 29.6 cm³/mol. The van der Waals surface area contributed by atoms with Gasteiger partial charge in [0.1, 0.15) is 0 Å². The third kappa shape index (κ3) is 1.10. The summed E-state index contributed by atoms with van der Waals surface area (Å²) in [6, 6.07) is 1.32. The normalized spacial score (nSPS) is 9.00. The number of hydrogen-bond donors (Lipinski definition) is 0. The quantitative estimate of drug-likeness (QED) is 0.525. The van der Waals surface area contributed by atoms with Crippen LogP contribution >= 0.6 is 0 Å². The zero-order valence-corrected chi connectivity index (χ0v) is 4.54. The molecule has 0 spiro atoms. The van der Waals surface area contributed by atoms with E-state index in [0.717, 1.165) is 6.20 Å². The number of hydrogen-bond acceptors (Lipinski definition) is 2. The van der Waals surface area contributed by atoms with Gasteiger partial charge in [-0.05, 0) is 6.07 Å². The number of halogens is 1. The summed E-state index contributed by atoms with van der Waals surface area (Å²) in [6.45, 7) is 0. The molecule has 9 heavy (non-hydrogen) atoms. The molecule has 2 nitrogen and oxygen atoms in total. The van der Waals surface area contributed by atoms with Crippen LogP contribution in [0, 0.1) is 5.82 Å². The third-order valence-electron chi connectivity index (χ3n) is 0.931. The highest BCUT2D eigenvalue weighted by Crippen LogP contribution is 1.98. The fraction of sp³-hybridized carbons (Fsp3) is 0. The summed E-state index contributed by atoms with van der Waals surface area (Å²) in [5.74, 6) is -0.576. The van der Waals surface area contributed by atoms with Gasteiger partial charge in [0.05, 0.1) is 11.8 Å². The minimum absolute atomic E-state index is 0.0463. The molecule has 1 aromatic heterocycles. The molecule has 0 aliphatic heterocycles. The number of carbonyl (C=O) groups is 1. The first-order valence-electron chi connectivity index (χ1n) is 2.39. The van der Waals surface area contributed by atoms with Crippen molar-refractivity contribution in [3.05, 3.63) is 29.8 Å². The molecule has 0 saturated carbocycles. The van der Waals surface area contributed by atoms with Crippen molar-refractivity contribution in [3.8, 4) is 0 Å². The van der Waals surface area contributed by atoms with Crippen LogP contribution in [0.4, 0.5) is 4.39 Å². The number of rotatable bonds is 1. The first kappa shape index (κ1) is 5.88. The number of carbonyl (C=O) groups excluding carboxylic acids is 1. The van der Waals surface area contributed by atoms with Crippen LogP contribution in [-0.4, -0.2) is 11.3 Å². The second-order valence-corrected chi connectivity index (χ2v) is 1.52. The van der Waals surface area contributed by atoms with Crippen LogP contribution in [0.5, 0.6) is 0 Å². The fourth-order valence-corrected chi connectivity index (χ4v) is 0.482. The Bertz CT molecular complexity index is 224. The highest BCUT2D eigenvalue weighted by atomic mass is 19.1. The summed E-state index contributed by atoms with van der Waals surface area (Å²) in [5.41, 5.74) is 0.0463. The van der Waals surface area contributed by atoms with Crippen LogP contribution in [0.3, 0.4) is 0 Å². The number of aromatic nitrogens is 1. The summed E-state index contributed by atoms with van der Waals surface area (Å²) in [6.07, 6.45) is 2.83. The van der Waals surface area contributed by atoms with Gasteiger partial charge in [0.15, 0.2) is 12.1 Å². The maximum absolute atomic E-state index is 12.3. The topological polar surface area (TPSA) is 30.0 Å². The second-order valence-electron chi connectivity index (χ2n) is 1.52. The Morgan fingerprint density at radius 3 is 2.89 bits per heavy atom. The van der Waals surface area contributed by atoms with Crippen LogP contribution in [-0.2, 0) is 0 Å². The van der Waals surface area contributed by atoms with Gasteiger partial charge in [0.2, 0.25) is 0 Å². The SMILES string of the molecule is O=Cc1ccncc1F. The summed E-state index contributed by atoms with van der Waals surface area (Å²) in [4.78, 5) is 13.4. The van der Waals surface area contributed by atoms with Gasteiger partial charge >= 0.3 is 0 Å². The lowest BCUT2D eigenvalue weighted by Gasteiger charge is -1.87. The standard InChI is InChI=1S/C6H4FNO/c7-6-3-8-2-1-5(6)4-9/h1-4H. The monoisotopic (exact) mass is 125 g/mol. The van der Waals surface area contributed by atoms with Gasteiger partial charge in [0.25, 0.3) is 0 Å². The van der Waals surface area contributed by atoms with Gasteiger partial charge in [-0.2, -0.15) is 0 Å². The lowest BCUT2D eigenvalue weighted by Crippen LogP contribution is -1.86. The average molecular weight is 125 g/mol. The van der Waals surface area contributed by atoms with Gasteiger partial charge in [-0.15, -0.1) is 0 Å². The molecule has 0 aromatic carbocycles. The van der Waals surface area contributed by atoms with Crippen molar-refractivity contribution < 1.29 is 9.18 Å². The van der Waals surface area contributed by atoms with E-state index in [1.807, 2.05) is 0 Å². The molecule has 1 aromatic rings. The molecule has 0 aliphatic rings. The van der Waals surface area contributed by atoms with Gasteiger partial charge in [-0.25, -0.2) is 4.39 Å². The summed E-state index contributed by atoms with van der Waals surface area (Å²) < 4.78 is 12.3. The molecule has 0 atom stereocenters. The van der Waals surface area contributed by atoms with Gasteiger partial charge in [0, 0.05) is 6.20 Å². The maximum atomic E-state index is 12.3. The van der Waals surface area contributed by atoms with Gasteiger partial charge < -0.3 is 0 Å². The number of pyridine rings is 1. The zero-order valence-electron chi connectivity index (χ0n) is 4.54. The fourth-order valence-electron chi connectivity index (χ4n) is 0.482. The second kappa shape index (κ2) is 2.35. The van der Waals surface area contributed by atoms with Crippen LogP contribution in [0.15, 0.2) is 18.5 Å². The largest absolute Gasteiger partial charge is 0.298 e. The van der Waals surface area contributed by atoms with Crippen molar-refractivity contribution in [1.82, 2.24) is 4.98 Å². The molecule has 0 bridgehead atoms. The van der Waals surface area contributed by atoms with Crippen LogP contribution in [0.25, 0.3) is 0 Å². The molecule has 0 aliphatic carbocycles. The Labute approximate surface area is 51.3 Å². The molecular formula is C6H4FNO. The first-order valence-corrected chi connectivity index (χ1v) is 2.39. The molecular weight excluding hydrogens is 121 g/mol. The first-order chi connectivity index (χ1) is 4.34. The molecule has 0 saturated heterocycles. The van der Waals surface area contributed by atoms with E-state index < -0.39 is 5.82 Å². The number of nitrogens with zero attached hydrogens (tertiary/aromatic N) is 1. The Balaban J connectivity index is 3.15. The Kier molecular flexibility index (Phi) is 1.53. The molecule has 1 rings (SSSR count). The lowest BCUT2D eigenvalue weighted by molar-refractivity contribution is 0.111. The molecule has 3 heteroatoms. The third-order valence-corrected chi connectivity index (χ3v) is 0.931. The summed E-state index contributed by atoms with van der Waals surface area (Å²) in [7, 11) is 0.